The van der Waals surface area contributed by atoms with Gasteiger partial charge < -0.3 is 15.4 Å². The first-order valence-corrected chi connectivity index (χ1v) is 8.93. The van der Waals surface area contributed by atoms with E-state index in [0.717, 1.165) is 11.3 Å². The largest absolute Gasteiger partial charge is 0.462 e. The molecule has 28 heavy (non-hydrogen) atoms. The molecule has 3 rings (SSSR count). The van der Waals surface area contributed by atoms with E-state index >= 15 is 0 Å². The topological polar surface area (TPSA) is 80.3 Å². The lowest BCUT2D eigenvalue weighted by Crippen LogP contribution is -2.16. The Kier molecular flexibility index (Phi) is 6.01. The normalized spacial score (nSPS) is 10.2. The standard InChI is InChI=1S/C22H21N3O3/c1-3-28-22(27)19-6-4-5-7-20(19)25-21(26)16-12-18(14-23-13-16)24-17-10-8-15(2)9-11-17/h4-14,24H,3H2,1-2H3,(H,25,26). The molecule has 6 nitrogen and oxygen atoms in total. The van der Waals surface area contributed by atoms with Gasteiger partial charge in [0.15, 0.2) is 0 Å². The van der Waals surface area contributed by atoms with Crippen LogP contribution in [0.15, 0.2) is 67.0 Å². The summed E-state index contributed by atoms with van der Waals surface area (Å²) in [5.41, 5.74) is 3.82. The lowest BCUT2D eigenvalue weighted by atomic mass is 10.1. The third-order valence-electron chi connectivity index (χ3n) is 4.01. The van der Waals surface area contributed by atoms with E-state index in [2.05, 4.69) is 15.6 Å². The summed E-state index contributed by atoms with van der Waals surface area (Å²) in [7, 11) is 0. The van der Waals surface area contributed by atoms with Gasteiger partial charge in [0.05, 0.1) is 35.3 Å². The van der Waals surface area contributed by atoms with Crippen molar-refractivity contribution in [2.24, 2.45) is 0 Å². The van der Waals surface area contributed by atoms with E-state index < -0.39 is 5.97 Å². The first-order valence-electron chi connectivity index (χ1n) is 8.93. The zero-order chi connectivity index (χ0) is 19.9. The molecule has 0 fully saturated rings. The fraction of sp³-hybridized carbons (Fsp3) is 0.136. The molecule has 0 spiro atoms. The molecule has 0 saturated heterocycles. The van der Waals surface area contributed by atoms with Crippen LogP contribution in [0.3, 0.4) is 0 Å². The Morgan fingerprint density at radius 2 is 1.75 bits per heavy atom. The first kappa shape index (κ1) is 19.1. The molecular formula is C22H21N3O3. The van der Waals surface area contributed by atoms with Crippen molar-refractivity contribution in [2.45, 2.75) is 13.8 Å². The zero-order valence-corrected chi connectivity index (χ0v) is 15.7. The van der Waals surface area contributed by atoms with Crippen molar-refractivity contribution in [3.05, 3.63) is 83.7 Å². The fourth-order valence-electron chi connectivity index (χ4n) is 2.61. The molecule has 0 unspecified atom stereocenters. The minimum absolute atomic E-state index is 0.262. The lowest BCUT2D eigenvalue weighted by molar-refractivity contribution is 0.0527. The number of pyridine rings is 1. The van der Waals surface area contributed by atoms with E-state index in [1.807, 2.05) is 31.2 Å². The van der Waals surface area contributed by atoms with Crippen LogP contribution in [0.5, 0.6) is 0 Å². The molecule has 142 valence electrons. The minimum atomic E-state index is -0.480. The number of amides is 1. The number of benzene rings is 2. The van der Waals surface area contributed by atoms with Gasteiger partial charge in [-0.25, -0.2) is 4.79 Å². The van der Waals surface area contributed by atoms with E-state index in [1.165, 1.54) is 6.20 Å². The highest BCUT2D eigenvalue weighted by molar-refractivity contribution is 6.08. The number of rotatable bonds is 6. The Morgan fingerprint density at radius 3 is 2.50 bits per heavy atom. The Morgan fingerprint density at radius 1 is 1.00 bits per heavy atom. The second kappa shape index (κ2) is 8.81. The van der Waals surface area contributed by atoms with Crippen LogP contribution in [0.1, 0.15) is 33.2 Å². The van der Waals surface area contributed by atoms with Crippen LogP contribution in [0.4, 0.5) is 17.1 Å². The molecule has 0 radical (unpaired) electrons. The number of para-hydroxylation sites is 1. The predicted octanol–water partition coefficient (Wildman–Crippen LogP) is 4.56. The Balaban J connectivity index is 1.77. The maximum absolute atomic E-state index is 12.7. The molecule has 1 aromatic heterocycles. The quantitative estimate of drug-likeness (QED) is 0.617. The molecule has 0 aliphatic carbocycles. The molecule has 0 bridgehead atoms. The number of hydrogen-bond donors (Lipinski definition) is 2. The van der Waals surface area contributed by atoms with E-state index in [9.17, 15) is 9.59 Å². The molecular weight excluding hydrogens is 354 g/mol. The molecule has 0 aliphatic heterocycles. The van der Waals surface area contributed by atoms with Crippen LogP contribution >= 0.6 is 0 Å². The Labute approximate surface area is 163 Å². The highest BCUT2D eigenvalue weighted by atomic mass is 16.5. The van der Waals surface area contributed by atoms with Crippen LogP contribution in [-0.4, -0.2) is 23.5 Å². The van der Waals surface area contributed by atoms with Crippen molar-refractivity contribution < 1.29 is 14.3 Å². The molecule has 2 N–H and O–H groups in total. The van der Waals surface area contributed by atoms with Crippen LogP contribution in [0.25, 0.3) is 0 Å². The Bertz CT molecular complexity index is 984. The van der Waals surface area contributed by atoms with Gasteiger partial charge in [-0.2, -0.15) is 0 Å². The van der Waals surface area contributed by atoms with E-state index in [0.29, 0.717) is 22.5 Å². The summed E-state index contributed by atoms with van der Waals surface area (Å²) in [5, 5.41) is 5.98. The molecule has 2 aromatic carbocycles. The van der Waals surface area contributed by atoms with Crippen molar-refractivity contribution in [1.82, 2.24) is 4.98 Å². The van der Waals surface area contributed by atoms with E-state index in [-0.39, 0.29) is 12.5 Å². The third kappa shape index (κ3) is 4.73. The maximum atomic E-state index is 12.7. The molecule has 1 amide bonds. The summed E-state index contributed by atoms with van der Waals surface area (Å²) in [6.45, 7) is 4.01. The number of nitrogens with one attached hydrogen (secondary N) is 2. The van der Waals surface area contributed by atoms with Crippen molar-refractivity contribution >= 4 is 28.9 Å². The number of carbonyl (C=O) groups excluding carboxylic acids is 2. The molecule has 1 heterocycles. The van der Waals surface area contributed by atoms with Gasteiger partial charge in [-0.15, -0.1) is 0 Å². The second-order valence-corrected chi connectivity index (χ2v) is 6.17. The molecule has 0 saturated carbocycles. The average Bonchev–Trinajstić information content (AvgIpc) is 2.70. The number of nitrogens with zero attached hydrogens (tertiary/aromatic N) is 1. The third-order valence-corrected chi connectivity index (χ3v) is 4.01. The summed E-state index contributed by atoms with van der Waals surface area (Å²) in [4.78, 5) is 28.9. The highest BCUT2D eigenvalue weighted by Gasteiger charge is 2.15. The van der Waals surface area contributed by atoms with Crippen molar-refractivity contribution in [2.75, 3.05) is 17.2 Å². The predicted molar refractivity (Wildman–Crippen MR) is 109 cm³/mol. The summed E-state index contributed by atoms with van der Waals surface area (Å²) in [5.74, 6) is -0.844. The molecule has 6 heteroatoms. The number of hydrogen-bond acceptors (Lipinski definition) is 5. The summed E-state index contributed by atoms with van der Waals surface area (Å²) >= 11 is 0. The van der Waals surface area contributed by atoms with Gasteiger partial charge in [0.25, 0.3) is 5.91 Å². The van der Waals surface area contributed by atoms with Crippen molar-refractivity contribution in [3.63, 3.8) is 0 Å². The van der Waals surface area contributed by atoms with Gasteiger partial charge in [-0.3, -0.25) is 9.78 Å². The van der Waals surface area contributed by atoms with E-state index in [4.69, 9.17) is 4.74 Å². The monoisotopic (exact) mass is 375 g/mol. The zero-order valence-electron chi connectivity index (χ0n) is 15.7. The molecule has 0 atom stereocenters. The van der Waals surface area contributed by atoms with Gasteiger partial charge in [0.2, 0.25) is 0 Å². The van der Waals surface area contributed by atoms with Crippen LogP contribution in [0, 0.1) is 6.92 Å². The number of aryl methyl sites for hydroxylation is 1. The van der Waals surface area contributed by atoms with Gasteiger partial charge in [-0.05, 0) is 44.2 Å². The number of ether oxygens (including phenoxy) is 1. The number of anilines is 3. The summed E-state index contributed by atoms with van der Waals surface area (Å²) in [6, 6.07) is 16.3. The van der Waals surface area contributed by atoms with Crippen LogP contribution in [-0.2, 0) is 4.74 Å². The number of esters is 1. The van der Waals surface area contributed by atoms with Gasteiger partial charge in [-0.1, -0.05) is 29.8 Å². The minimum Gasteiger partial charge on any atom is -0.462 e. The van der Waals surface area contributed by atoms with Gasteiger partial charge in [0, 0.05) is 11.9 Å². The van der Waals surface area contributed by atoms with Gasteiger partial charge in [0.1, 0.15) is 0 Å². The van der Waals surface area contributed by atoms with Crippen molar-refractivity contribution in [3.8, 4) is 0 Å². The summed E-state index contributed by atoms with van der Waals surface area (Å²) in [6.07, 6.45) is 3.12. The fourth-order valence-corrected chi connectivity index (χ4v) is 2.61. The smallest absolute Gasteiger partial charge is 0.340 e. The number of aromatic nitrogens is 1. The Hall–Kier alpha value is -3.67. The van der Waals surface area contributed by atoms with Gasteiger partial charge >= 0.3 is 5.97 Å². The molecule has 0 aliphatic rings. The van der Waals surface area contributed by atoms with Crippen LogP contribution in [0.2, 0.25) is 0 Å². The van der Waals surface area contributed by atoms with Crippen molar-refractivity contribution in [1.29, 1.82) is 0 Å². The number of carbonyl (C=O) groups is 2. The summed E-state index contributed by atoms with van der Waals surface area (Å²) < 4.78 is 5.04. The lowest BCUT2D eigenvalue weighted by Gasteiger charge is -2.11. The SMILES string of the molecule is CCOC(=O)c1ccccc1NC(=O)c1cncc(Nc2ccc(C)cc2)c1. The second-order valence-electron chi connectivity index (χ2n) is 6.17. The highest BCUT2D eigenvalue weighted by Crippen LogP contribution is 2.20. The average molecular weight is 375 g/mol. The van der Waals surface area contributed by atoms with Crippen LogP contribution < -0.4 is 10.6 Å². The van der Waals surface area contributed by atoms with E-state index in [1.54, 1.807) is 43.5 Å². The maximum Gasteiger partial charge on any atom is 0.340 e. The first-order chi connectivity index (χ1) is 13.6. The molecule has 3 aromatic rings.